The van der Waals surface area contributed by atoms with Gasteiger partial charge >= 0.3 is 0 Å². The molecule has 0 N–H and O–H groups in total. The average molecular weight is 442 g/mol. The van der Waals surface area contributed by atoms with Gasteiger partial charge in [-0.3, -0.25) is 14.5 Å². The van der Waals surface area contributed by atoms with Gasteiger partial charge in [-0.1, -0.05) is 30.3 Å². The van der Waals surface area contributed by atoms with E-state index in [2.05, 4.69) is 23.6 Å². The van der Waals surface area contributed by atoms with Gasteiger partial charge in [0.2, 0.25) is 5.91 Å². The van der Waals surface area contributed by atoms with Crippen LogP contribution < -0.4 is 10.5 Å². The molecule has 1 amide bonds. The van der Waals surface area contributed by atoms with Crippen LogP contribution in [0.15, 0.2) is 53.5 Å². The van der Waals surface area contributed by atoms with Crippen LogP contribution in [0.2, 0.25) is 0 Å². The van der Waals surface area contributed by atoms with Crippen molar-refractivity contribution in [2.75, 3.05) is 11.9 Å². The second-order valence-electron chi connectivity index (χ2n) is 9.41. The Hall–Kier alpha value is -3.74. The lowest BCUT2D eigenvalue weighted by molar-refractivity contribution is -0.121. The van der Waals surface area contributed by atoms with Crippen LogP contribution in [0.3, 0.4) is 0 Å². The van der Waals surface area contributed by atoms with Gasteiger partial charge in [0.15, 0.2) is 5.65 Å². The Morgan fingerprint density at radius 2 is 1.70 bits per heavy atom. The lowest BCUT2D eigenvalue weighted by Gasteiger charge is -2.19. The molecule has 33 heavy (non-hydrogen) atoms. The number of likely N-dealkylation sites (N-methyl/N-ethyl adjacent to an activating group) is 1. The molecule has 1 atom stereocenters. The smallest absolute Gasteiger partial charge is 0.253 e. The summed E-state index contributed by atoms with van der Waals surface area (Å²) in [4.78, 5) is 36.8. The van der Waals surface area contributed by atoms with Gasteiger partial charge in [-0.05, 0) is 45.4 Å². The van der Waals surface area contributed by atoms with Crippen LogP contribution in [0.4, 0.5) is 5.82 Å². The first kappa shape index (κ1) is 21.1. The summed E-state index contributed by atoms with van der Waals surface area (Å²) in [6.45, 7) is 7.77. The lowest BCUT2D eigenvalue weighted by Crippen LogP contribution is -2.33. The molecule has 1 aliphatic heterocycles. The number of carbonyl (C=O) groups is 1. The van der Waals surface area contributed by atoms with Gasteiger partial charge in [0, 0.05) is 37.0 Å². The highest BCUT2D eigenvalue weighted by Gasteiger charge is 2.44. The molecule has 7 nitrogen and oxygen atoms in total. The normalized spacial score (nSPS) is 15.8. The number of imidazole rings is 1. The Kier molecular flexibility index (Phi) is 4.57. The van der Waals surface area contributed by atoms with E-state index >= 15 is 0 Å². The molecule has 0 radical (unpaired) electrons. The minimum absolute atomic E-state index is 0.0224. The van der Waals surface area contributed by atoms with Crippen molar-refractivity contribution in [3.8, 4) is 11.4 Å². The van der Waals surface area contributed by atoms with Gasteiger partial charge in [-0.25, -0.2) is 9.97 Å². The van der Waals surface area contributed by atoms with E-state index in [0.717, 1.165) is 28.0 Å². The van der Waals surface area contributed by atoms with Crippen molar-refractivity contribution in [3.05, 3.63) is 75.7 Å². The third kappa shape index (κ3) is 3.03. The first-order valence-corrected chi connectivity index (χ1v) is 11.1. The quantitative estimate of drug-likeness (QED) is 0.482. The second-order valence-corrected chi connectivity index (χ2v) is 9.41. The first-order valence-electron chi connectivity index (χ1n) is 11.1. The maximum absolute atomic E-state index is 12.8. The fraction of sp³-hybridized carbons (Fsp3) is 0.308. The number of fused-ring (bicyclic) bond motifs is 2. The number of amides is 1. The maximum Gasteiger partial charge on any atom is 0.253 e. The molecule has 1 aromatic carbocycles. The highest BCUT2D eigenvalue weighted by atomic mass is 16.2. The summed E-state index contributed by atoms with van der Waals surface area (Å²) in [5, 5.41) is 0. The van der Waals surface area contributed by atoms with Crippen LogP contribution in [-0.4, -0.2) is 32.1 Å². The van der Waals surface area contributed by atoms with Crippen molar-refractivity contribution in [2.45, 2.75) is 39.2 Å². The zero-order chi connectivity index (χ0) is 23.7. The SMILES string of the molecule is Cc1cc(-c2nc3cc4c(nc3n2C(C)c2ccccc2)N(C)C(=O)C4(C)C)cn(C)c1=O. The van der Waals surface area contributed by atoms with Gasteiger partial charge in [0.05, 0.1) is 11.5 Å². The number of aryl methyl sites for hydroxylation is 2. The fourth-order valence-electron chi connectivity index (χ4n) is 4.81. The first-order chi connectivity index (χ1) is 15.6. The van der Waals surface area contributed by atoms with E-state index < -0.39 is 5.41 Å². The summed E-state index contributed by atoms with van der Waals surface area (Å²) < 4.78 is 3.69. The summed E-state index contributed by atoms with van der Waals surface area (Å²) in [6, 6.07) is 14.0. The number of hydrogen-bond donors (Lipinski definition) is 0. The van der Waals surface area contributed by atoms with Crippen LogP contribution in [0.1, 0.15) is 43.5 Å². The van der Waals surface area contributed by atoms with Crippen molar-refractivity contribution in [1.82, 2.24) is 19.1 Å². The largest absolute Gasteiger partial charge is 0.318 e. The van der Waals surface area contributed by atoms with Crippen molar-refractivity contribution < 1.29 is 4.79 Å². The Balaban J connectivity index is 1.84. The number of anilines is 1. The van der Waals surface area contributed by atoms with E-state index in [1.807, 2.05) is 57.3 Å². The molecular weight excluding hydrogens is 414 g/mol. The highest BCUT2D eigenvalue weighted by molar-refractivity contribution is 6.07. The molecule has 3 aromatic heterocycles. The van der Waals surface area contributed by atoms with Gasteiger partial charge in [0.25, 0.3) is 5.56 Å². The molecule has 0 saturated carbocycles. The summed E-state index contributed by atoms with van der Waals surface area (Å²) in [5.74, 6) is 1.43. The Morgan fingerprint density at radius 1 is 1.00 bits per heavy atom. The monoisotopic (exact) mass is 441 g/mol. The summed E-state index contributed by atoms with van der Waals surface area (Å²) in [5.41, 5.74) is 4.25. The molecule has 1 aliphatic rings. The second kappa shape index (κ2) is 7.13. The molecule has 0 bridgehead atoms. The van der Waals surface area contributed by atoms with Crippen molar-refractivity contribution in [2.24, 2.45) is 7.05 Å². The minimum Gasteiger partial charge on any atom is -0.318 e. The van der Waals surface area contributed by atoms with E-state index in [4.69, 9.17) is 9.97 Å². The topological polar surface area (TPSA) is 73.0 Å². The van der Waals surface area contributed by atoms with E-state index in [1.165, 1.54) is 0 Å². The molecule has 0 aliphatic carbocycles. The number of hydrogen-bond acceptors (Lipinski definition) is 4. The molecule has 0 saturated heterocycles. The van der Waals surface area contributed by atoms with Crippen LogP contribution in [-0.2, 0) is 17.3 Å². The Morgan fingerprint density at radius 3 is 2.36 bits per heavy atom. The van der Waals surface area contributed by atoms with Crippen molar-refractivity contribution >= 4 is 22.9 Å². The van der Waals surface area contributed by atoms with E-state index in [1.54, 1.807) is 23.6 Å². The summed E-state index contributed by atoms with van der Waals surface area (Å²) in [7, 11) is 3.52. The highest BCUT2D eigenvalue weighted by Crippen LogP contribution is 2.42. The van der Waals surface area contributed by atoms with Crippen LogP contribution >= 0.6 is 0 Å². The number of pyridine rings is 2. The van der Waals surface area contributed by atoms with E-state index in [9.17, 15) is 9.59 Å². The van der Waals surface area contributed by atoms with Gasteiger partial charge < -0.3 is 9.13 Å². The third-order valence-electron chi connectivity index (χ3n) is 6.77. The molecule has 1 unspecified atom stereocenters. The zero-order valence-electron chi connectivity index (χ0n) is 19.7. The number of carbonyl (C=O) groups excluding carboxylic acids is 1. The molecule has 4 aromatic rings. The standard InChI is InChI=1S/C26H27N5O2/c1-15-12-18(14-29(5)24(15)32)21-27-20-13-19-22(30(6)25(33)26(19,3)4)28-23(20)31(21)16(2)17-10-8-7-9-11-17/h7-14,16H,1-6H3. The molecule has 0 spiro atoms. The van der Waals surface area contributed by atoms with Crippen molar-refractivity contribution in [1.29, 1.82) is 0 Å². The average Bonchev–Trinajstić information content (AvgIpc) is 3.25. The van der Waals surface area contributed by atoms with Gasteiger partial charge in [-0.2, -0.15) is 0 Å². The Bertz CT molecular complexity index is 1450. The van der Waals surface area contributed by atoms with Crippen LogP contribution in [0.5, 0.6) is 0 Å². The molecule has 0 fully saturated rings. The molecule has 5 rings (SSSR count). The molecule has 7 heteroatoms. The number of aromatic nitrogens is 4. The summed E-state index contributed by atoms with van der Waals surface area (Å²) in [6.07, 6.45) is 1.82. The molecule has 168 valence electrons. The number of nitrogens with zero attached hydrogens (tertiary/aromatic N) is 5. The summed E-state index contributed by atoms with van der Waals surface area (Å²) >= 11 is 0. The minimum atomic E-state index is -0.659. The van der Waals surface area contributed by atoms with Crippen molar-refractivity contribution in [3.63, 3.8) is 0 Å². The maximum atomic E-state index is 12.8. The third-order valence-corrected chi connectivity index (χ3v) is 6.77. The fourth-order valence-corrected chi connectivity index (χ4v) is 4.81. The van der Waals surface area contributed by atoms with Crippen LogP contribution in [0.25, 0.3) is 22.6 Å². The van der Waals surface area contributed by atoms with Gasteiger partial charge in [0.1, 0.15) is 17.2 Å². The molecular formula is C26H27N5O2. The number of rotatable bonds is 3. The molecule has 4 heterocycles. The zero-order valence-corrected chi connectivity index (χ0v) is 19.7. The predicted octanol–water partition coefficient (Wildman–Crippen LogP) is 3.97. The van der Waals surface area contributed by atoms with Gasteiger partial charge in [-0.15, -0.1) is 0 Å². The van der Waals surface area contributed by atoms with E-state index in [-0.39, 0.29) is 17.5 Å². The van der Waals surface area contributed by atoms with Crippen LogP contribution in [0, 0.1) is 6.92 Å². The predicted molar refractivity (Wildman–Crippen MR) is 130 cm³/mol. The number of benzene rings is 1. The Labute approximate surface area is 192 Å². The lowest BCUT2D eigenvalue weighted by atomic mass is 9.87. The van der Waals surface area contributed by atoms with E-state index in [0.29, 0.717) is 17.0 Å².